The molecular formula is C18H26N3O3+. The molecule has 6 nitrogen and oxygen atoms in total. The number of nitrogens with zero attached hydrogens (tertiary/aromatic N) is 2. The van der Waals surface area contributed by atoms with Gasteiger partial charge in [-0.05, 0) is 32.1 Å². The normalized spacial score (nSPS) is 24.6. The molecule has 1 aromatic rings. The summed E-state index contributed by atoms with van der Waals surface area (Å²) in [6.07, 6.45) is 5.52. The monoisotopic (exact) mass is 332 g/mol. The molecule has 2 aliphatic heterocycles. The molecule has 130 valence electrons. The van der Waals surface area contributed by atoms with E-state index in [-0.39, 0.29) is 16.5 Å². The van der Waals surface area contributed by atoms with E-state index in [0.717, 1.165) is 64.0 Å². The Labute approximate surface area is 142 Å². The first-order valence-electron chi connectivity index (χ1n) is 8.99. The van der Waals surface area contributed by atoms with Crippen LogP contribution in [0.3, 0.4) is 0 Å². The first-order chi connectivity index (χ1) is 11.6. The Morgan fingerprint density at radius 1 is 1.25 bits per heavy atom. The fourth-order valence-corrected chi connectivity index (χ4v) is 3.96. The first-order valence-corrected chi connectivity index (χ1v) is 8.99. The average Bonchev–Trinajstić information content (AvgIpc) is 2.62. The molecule has 2 aliphatic rings. The molecule has 2 atom stereocenters. The third kappa shape index (κ3) is 4.12. The molecule has 2 fully saturated rings. The van der Waals surface area contributed by atoms with Crippen molar-refractivity contribution in [1.29, 1.82) is 0 Å². The Hall–Kier alpha value is -1.95. The number of piperidine rings is 2. The van der Waals surface area contributed by atoms with Crippen LogP contribution in [0.2, 0.25) is 0 Å². The van der Waals surface area contributed by atoms with Crippen molar-refractivity contribution in [3.8, 4) is 0 Å². The Balaban J connectivity index is 1.60. The minimum absolute atomic E-state index is 0.116. The van der Waals surface area contributed by atoms with Gasteiger partial charge in [-0.1, -0.05) is 12.1 Å². The molecule has 1 aromatic carbocycles. The fraction of sp³-hybridized carbons (Fsp3) is 0.611. The van der Waals surface area contributed by atoms with Crippen LogP contribution in [-0.4, -0.2) is 41.9 Å². The number of quaternary nitrogens is 1. The first kappa shape index (κ1) is 16.9. The van der Waals surface area contributed by atoms with Crippen LogP contribution in [-0.2, 0) is 11.3 Å². The van der Waals surface area contributed by atoms with Gasteiger partial charge in [-0.15, -0.1) is 0 Å². The van der Waals surface area contributed by atoms with Crippen molar-refractivity contribution in [3.05, 3.63) is 39.9 Å². The lowest BCUT2D eigenvalue weighted by Gasteiger charge is -2.34. The lowest BCUT2D eigenvalue weighted by Crippen LogP contribution is -3.12. The maximum Gasteiger partial charge on any atom is 0.269 e. The number of nitro benzene ring substituents is 1. The highest BCUT2D eigenvalue weighted by molar-refractivity contribution is 5.79. The SMILES string of the molecule is O=C(C1CCC[NH+](Cc2cccc([N+](=O)[O-])c2)C1)N1CCCCC1. The van der Waals surface area contributed by atoms with Gasteiger partial charge in [0.25, 0.3) is 5.69 Å². The molecule has 2 unspecified atom stereocenters. The van der Waals surface area contributed by atoms with Gasteiger partial charge in [0.05, 0.1) is 23.9 Å². The molecule has 0 spiro atoms. The summed E-state index contributed by atoms with van der Waals surface area (Å²) in [4.78, 5) is 26.7. The molecule has 0 saturated carbocycles. The maximum absolute atomic E-state index is 12.7. The molecule has 3 rings (SSSR count). The number of non-ortho nitro benzene ring substituents is 1. The number of likely N-dealkylation sites (tertiary alicyclic amines) is 2. The van der Waals surface area contributed by atoms with E-state index < -0.39 is 0 Å². The molecule has 0 bridgehead atoms. The zero-order chi connectivity index (χ0) is 16.9. The number of hydrogen-bond donors (Lipinski definition) is 1. The molecule has 6 heteroatoms. The van der Waals surface area contributed by atoms with Crippen LogP contribution in [0.15, 0.2) is 24.3 Å². The molecule has 24 heavy (non-hydrogen) atoms. The van der Waals surface area contributed by atoms with Gasteiger partial charge in [0.2, 0.25) is 5.91 Å². The zero-order valence-corrected chi connectivity index (χ0v) is 14.1. The van der Waals surface area contributed by atoms with Crippen LogP contribution in [0.5, 0.6) is 0 Å². The summed E-state index contributed by atoms with van der Waals surface area (Å²) in [5.41, 5.74) is 1.12. The Bertz CT molecular complexity index is 599. The summed E-state index contributed by atoms with van der Waals surface area (Å²) in [5, 5.41) is 10.9. The molecule has 1 N–H and O–H groups in total. The molecular weight excluding hydrogens is 306 g/mol. The van der Waals surface area contributed by atoms with Gasteiger partial charge in [0.15, 0.2) is 0 Å². The Morgan fingerprint density at radius 3 is 2.79 bits per heavy atom. The van der Waals surface area contributed by atoms with E-state index >= 15 is 0 Å². The number of hydrogen-bond acceptors (Lipinski definition) is 3. The van der Waals surface area contributed by atoms with Gasteiger partial charge in [0.1, 0.15) is 6.54 Å². The topological polar surface area (TPSA) is 67.9 Å². The number of carbonyl (C=O) groups excluding carboxylic acids is 1. The van der Waals surface area contributed by atoms with Crippen molar-refractivity contribution in [2.75, 3.05) is 26.2 Å². The van der Waals surface area contributed by atoms with Crippen molar-refractivity contribution >= 4 is 11.6 Å². The molecule has 2 heterocycles. The van der Waals surface area contributed by atoms with E-state index in [4.69, 9.17) is 0 Å². The van der Waals surface area contributed by atoms with E-state index in [1.807, 2.05) is 11.0 Å². The predicted octanol–water partition coefficient (Wildman–Crippen LogP) is 1.40. The summed E-state index contributed by atoms with van der Waals surface area (Å²) >= 11 is 0. The van der Waals surface area contributed by atoms with Crippen molar-refractivity contribution < 1.29 is 14.6 Å². The van der Waals surface area contributed by atoms with Crippen LogP contribution in [0.1, 0.15) is 37.7 Å². The standard InChI is InChI=1S/C18H25N3O3/c22-18(20-10-2-1-3-11-20)16-7-5-9-19(14-16)13-15-6-4-8-17(12-15)21(23)24/h4,6,8,12,16H,1-3,5,7,9-11,13-14H2/p+1. The van der Waals surface area contributed by atoms with E-state index in [2.05, 4.69) is 0 Å². The number of nitrogens with one attached hydrogen (secondary N) is 1. The average molecular weight is 332 g/mol. The van der Waals surface area contributed by atoms with Gasteiger partial charge in [-0.3, -0.25) is 14.9 Å². The number of nitro groups is 1. The molecule has 0 aliphatic carbocycles. The summed E-state index contributed by atoms with van der Waals surface area (Å²) in [6.45, 7) is 4.46. The minimum atomic E-state index is -0.349. The molecule has 0 radical (unpaired) electrons. The second-order valence-electron chi connectivity index (χ2n) is 7.03. The van der Waals surface area contributed by atoms with Crippen LogP contribution in [0, 0.1) is 16.0 Å². The van der Waals surface area contributed by atoms with E-state index in [0.29, 0.717) is 5.91 Å². The fourth-order valence-electron chi connectivity index (χ4n) is 3.96. The van der Waals surface area contributed by atoms with E-state index in [1.54, 1.807) is 12.1 Å². The smallest absolute Gasteiger partial charge is 0.269 e. The second-order valence-corrected chi connectivity index (χ2v) is 7.03. The van der Waals surface area contributed by atoms with Crippen molar-refractivity contribution in [1.82, 2.24) is 4.90 Å². The van der Waals surface area contributed by atoms with Crippen LogP contribution >= 0.6 is 0 Å². The third-order valence-electron chi connectivity index (χ3n) is 5.21. The highest BCUT2D eigenvalue weighted by Gasteiger charge is 2.32. The summed E-state index contributed by atoms with van der Waals surface area (Å²) in [5.74, 6) is 0.441. The number of amides is 1. The third-order valence-corrected chi connectivity index (χ3v) is 5.21. The van der Waals surface area contributed by atoms with E-state index in [1.165, 1.54) is 17.4 Å². The summed E-state index contributed by atoms with van der Waals surface area (Å²) < 4.78 is 0. The van der Waals surface area contributed by atoms with Crippen LogP contribution in [0.25, 0.3) is 0 Å². The van der Waals surface area contributed by atoms with Gasteiger partial charge in [-0.2, -0.15) is 0 Å². The van der Waals surface area contributed by atoms with Gasteiger partial charge in [0, 0.05) is 30.8 Å². The van der Waals surface area contributed by atoms with Gasteiger partial charge < -0.3 is 9.80 Å². The lowest BCUT2D eigenvalue weighted by molar-refractivity contribution is -0.921. The molecule has 0 aromatic heterocycles. The summed E-state index contributed by atoms with van der Waals surface area (Å²) in [7, 11) is 0. The van der Waals surface area contributed by atoms with Crippen molar-refractivity contribution in [2.24, 2.45) is 5.92 Å². The second kappa shape index (κ2) is 7.75. The quantitative estimate of drug-likeness (QED) is 0.669. The van der Waals surface area contributed by atoms with Gasteiger partial charge in [-0.25, -0.2) is 0 Å². The molecule has 1 amide bonds. The predicted molar refractivity (Wildman–Crippen MR) is 90.7 cm³/mol. The lowest BCUT2D eigenvalue weighted by atomic mass is 9.95. The van der Waals surface area contributed by atoms with Crippen LogP contribution in [0.4, 0.5) is 5.69 Å². The maximum atomic E-state index is 12.7. The van der Waals surface area contributed by atoms with Gasteiger partial charge >= 0.3 is 0 Å². The summed E-state index contributed by atoms with van der Waals surface area (Å²) in [6, 6.07) is 6.87. The Morgan fingerprint density at radius 2 is 2.04 bits per heavy atom. The number of benzene rings is 1. The number of carbonyl (C=O) groups is 1. The zero-order valence-electron chi connectivity index (χ0n) is 14.1. The van der Waals surface area contributed by atoms with Crippen molar-refractivity contribution in [2.45, 2.75) is 38.6 Å². The highest BCUT2D eigenvalue weighted by atomic mass is 16.6. The molecule has 2 saturated heterocycles. The minimum Gasteiger partial charge on any atom is -0.342 e. The largest absolute Gasteiger partial charge is 0.342 e. The highest BCUT2D eigenvalue weighted by Crippen LogP contribution is 2.17. The number of rotatable bonds is 4. The van der Waals surface area contributed by atoms with E-state index in [9.17, 15) is 14.9 Å². The Kier molecular flexibility index (Phi) is 5.45. The van der Waals surface area contributed by atoms with Crippen molar-refractivity contribution in [3.63, 3.8) is 0 Å². The van der Waals surface area contributed by atoms with Crippen LogP contribution < -0.4 is 4.90 Å².